The van der Waals surface area contributed by atoms with Crippen LogP contribution in [0, 0.1) is 0 Å². The number of rotatable bonds is 7. The van der Waals surface area contributed by atoms with E-state index in [1.807, 2.05) is 107 Å². The van der Waals surface area contributed by atoms with Crippen molar-refractivity contribution in [2.24, 2.45) is 0 Å². The minimum Gasteiger partial charge on any atom is -0.478 e. The topological polar surface area (TPSA) is 46.5 Å². The van der Waals surface area contributed by atoms with Crippen molar-refractivity contribution in [2.75, 3.05) is 0 Å². The molecule has 0 heterocycles. The molecule has 3 nitrogen and oxygen atoms in total. The van der Waals surface area contributed by atoms with E-state index < -0.39 is 22.4 Å². The first-order chi connectivity index (χ1) is 13.7. The van der Waals surface area contributed by atoms with Gasteiger partial charge in [-0.2, -0.15) is 0 Å². The summed E-state index contributed by atoms with van der Waals surface area (Å²) in [7, 11) is 0. The standard InChI is InChI=1S/C26H28O3/c1-24(2,20-14-8-5-9-15-20)26(23(27)28,29-22-18-12-7-13-19-22)25(3,4)21-16-10-6-11-17-21/h5-19H,1-4H3,(H,27,28). The first-order valence-corrected chi connectivity index (χ1v) is 9.82. The fourth-order valence-electron chi connectivity index (χ4n) is 4.40. The van der Waals surface area contributed by atoms with Crippen LogP contribution in [-0.4, -0.2) is 16.7 Å². The Balaban J connectivity index is 2.31. The first kappa shape index (κ1) is 20.7. The van der Waals surface area contributed by atoms with Gasteiger partial charge in [0, 0.05) is 10.8 Å². The summed E-state index contributed by atoms with van der Waals surface area (Å²) in [6, 6.07) is 28.7. The van der Waals surface area contributed by atoms with Crippen molar-refractivity contribution in [3.8, 4) is 5.75 Å². The summed E-state index contributed by atoms with van der Waals surface area (Å²) in [5, 5.41) is 10.8. The van der Waals surface area contributed by atoms with Crippen LogP contribution in [0.25, 0.3) is 0 Å². The lowest BCUT2D eigenvalue weighted by molar-refractivity contribution is -0.171. The molecular formula is C26H28O3. The van der Waals surface area contributed by atoms with Crippen LogP contribution >= 0.6 is 0 Å². The summed E-state index contributed by atoms with van der Waals surface area (Å²) in [4.78, 5) is 13.1. The van der Waals surface area contributed by atoms with Crippen LogP contribution in [0.2, 0.25) is 0 Å². The van der Waals surface area contributed by atoms with Gasteiger partial charge in [-0.3, -0.25) is 0 Å². The van der Waals surface area contributed by atoms with E-state index in [0.29, 0.717) is 5.75 Å². The van der Waals surface area contributed by atoms with Crippen molar-refractivity contribution >= 4 is 5.97 Å². The van der Waals surface area contributed by atoms with Gasteiger partial charge in [0.05, 0.1) is 0 Å². The number of carboxylic acid groups (broad SMARTS) is 1. The van der Waals surface area contributed by atoms with Gasteiger partial charge in [-0.05, 0) is 23.3 Å². The van der Waals surface area contributed by atoms with Crippen LogP contribution in [0.3, 0.4) is 0 Å². The Labute approximate surface area is 173 Å². The third kappa shape index (κ3) is 3.42. The Morgan fingerprint density at radius 3 is 1.34 bits per heavy atom. The van der Waals surface area contributed by atoms with E-state index in [-0.39, 0.29) is 0 Å². The van der Waals surface area contributed by atoms with Crippen molar-refractivity contribution in [1.82, 2.24) is 0 Å². The van der Waals surface area contributed by atoms with Gasteiger partial charge in [-0.1, -0.05) is 107 Å². The summed E-state index contributed by atoms with van der Waals surface area (Å²) in [5.74, 6) is -0.466. The molecule has 29 heavy (non-hydrogen) atoms. The maximum Gasteiger partial charge on any atom is 0.349 e. The molecule has 0 bridgehead atoms. The number of hydrogen-bond donors (Lipinski definition) is 1. The lowest BCUT2D eigenvalue weighted by Gasteiger charge is -2.52. The molecule has 0 aromatic heterocycles. The van der Waals surface area contributed by atoms with E-state index in [9.17, 15) is 9.90 Å². The summed E-state index contributed by atoms with van der Waals surface area (Å²) < 4.78 is 6.50. The van der Waals surface area contributed by atoms with Gasteiger partial charge >= 0.3 is 5.97 Å². The van der Waals surface area contributed by atoms with Gasteiger partial charge in [0.2, 0.25) is 5.60 Å². The van der Waals surface area contributed by atoms with E-state index in [2.05, 4.69) is 0 Å². The molecule has 0 aliphatic heterocycles. The third-order valence-electron chi connectivity index (χ3n) is 6.07. The minimum absolute atomic E-state index is 0.530. The fraction of sp³-hybridized carbons (Fsp3) is 0.269. The maximum atomic E-state index is 13.1. The van der Waals surface area contributed by atoms with Crippen LogP contribution in [0.15, 0.2) is 91.0 Å². The summed E-state index contributed by atoms with van der Waals surface area (Å²) >= 11 is 0. The van der Waals surface area contributed by atoms with Crippen molar-refractivity contribution in [2.45, 2.75) is 44.1 Å². The molecule has 0 saturated carbocycles. The summed E-state index contributed by atoms with van der Waals surface area (Å²) in [6.45, 7) is 7.79. The second-order valence-electron chi connectivity index (χ2n) is 8.38. The molecule has 0 unspecified atom stereocenters. The fourth-order valence-corrected chi connectivity index (χ4v) is 4.40. The normalized spacial score (nSPS) is 12.4. The van der Waals surface area contributed by atoms with E-state index >= 15 is 0 Å². The lowest BCUT2D eigenvalue weighted by atomic mass is 9.56. The molecule has 0 aliphatic rings. The molecular weight excluding hydrogens is 360 g/mol. The van der Waals surface area contributed by atoms with Crippen molar-refractivity contribution < 1.29 is 14.6 Å². The van der Waals surface area contributed by atoms with Gasteiger partial charge in [0.25, 0.3) is 0 Å². The van der Waals surface area contributed by atoms with Gasteiger partial charge in [-0.15, -0.1) is 0 Å². The van der Waals surface area contributed by atoms with E-state index in [1.54, 1.807) is 12.1 Å². The molecule has 3 aromatic rings. The Bertz CT molecular complexity index is 894. The zero-order valence-electron chi connectivity index (χ0n) is 17.4. The van der Waals surface area contributed by atoms with Crippen LogP contribution < -0.4 is 4.74 Å². The number of ether oxygens (including phenoxy) is 1. The van der Waals surface area contributed by atoms with E-state index in [1.165, 1.54) is 0 Å². The number of para-hydroxylation sites is 1. The average Bonchev–Trinajstić information content (AvgIpc) is 2.73. The summed E-state index contributed by atoms with van der Waals surface area (Å²) in [6.07, 6.45) is 0. The number of carboxylic acids is 1. The van der Waals surface area contributed by atoms with Gasteiger partial charge in [0.15, 0.2) is 0 Å². The highest BCUT2D eigenvalue weighted by molar-refractivity contribution is 5.83. The number of hydrogen-bond acceptors (Lipinski definition) is 2. The molecule has 3 heteroatoms. The van der Waals surface area contributed by atoms with E-state index in [4.69, 9.17) is 4.74 Å². The van der Waals surface area contributed by atoms with Crippen LogP contribution in [0.4, 0.5) is 0 Å². The highest BCUT2D eigenvalue weighted by Gasteiger charge is 2.64. The highest BCUT2D eigenvalue weighted by Crippen LogP contribution is 2.50. The average molecular weight is 389 g/mol. The zero-order chi connectivity index (χ0) is 21.1. The molecule has 1 N–H and O–H groups in total. The Kier molecular flexibility index (Phi) is 5.52. The van der Waals surface area contributed by atoms with Gasteiger partial charge in [0.1, 0.15) is 5.75 Å². The van der Waals surface area contributed by atoms with Gasteiger partial charge in [-0.25, -0.2) is 4.79 Å². The predicted octanol–water partition coefficient (Wildman–Crippen LogP) is 5.84. The molecule has 0 radical (unpaired) electrons. The van der Waals surface area contributed by atoms with Crippen molar-refractivity contribution in [3.63, 3.8) is 0 Å². The van der Waals surface area contributed by atoms with Crippen molar-refractivity contribution in [3.05, 3.63) is 102 Å². The number of carbonyl (C=O) groups is 1. The lowest BCUT2D eigenvalue weighted by Crippen LogP contribution is -2.68. The molecule has 0 spiro atoms. The predicted molar refractivity (Wildman–Crippen MR) is 116 cm³/mol. The van der Waals surface area contributed by atoms with Crippen molar-refractivity contribution in [1.29, 1.82) is 0 Å². The SMILES string of the molecule is CC(C)(c1ccccc1)C(Oc1ccccc1)(C(=O)O)C(C)(C)c1ccccc1. The Morgan fingerprint density at radius 2 is 1.00 bits per heavy atom. The second-order valence-corrected chi connectivity index (χ2v) is 8.38. The molecule has 0 fully saturated rings. The van der Waals surface area contributed by atoms with Crippen LogP contribution in [0.5, 0.6) is 5.75 Å². The molecule has 0 atom stereocenters. The van der Waals surface area contributed by atoms with Gasteiger partial charge < -0.3 is 9.84 Å². The van der Waals surface area contributed by atoms with E-state index in [0.717, 1.165) is 11.1 Å². The highest BCUT2D eigenvalue weighted by atomic mass is 16.5. The molecule has 0 saturated heterocycles. The minimum atomic E-state index is -1.58. The van der Waals surface area contributed by atoms with Crippen LogP contribution in [0.1, 0.15) is 38.8 Å². The number of benzene rings is 3. The first-order valence-electron chi connectivity index (χ1n) is 9.82. The Morgan fingerprint density at radius 1 is 0.655 bits per heavy atom. The summed E-state index contributed by atoms with van der Waals surface area (Å²) in [5.41, 5.74) is -1.47. The molecule has 3 aromatic carbocycles. The quantitative estimate of drug-likeness (QED) is 0.553. The third-order valence-corrected chi connectivity index (χ3v) is 6.07. The molecule has 3 rings (SSSR count). The molecule has 0 aliphatic carbocycles. The zero-order valence-corrected chi connectivity index (χ0v) is 17.4. The molecule has 0 amide bonds. The largest absolute Gasteiger partial charge is 0.478 e. The number of aliphatic carboxylic acids is 1. The smallest absolute Gasteiger partial charge is 0.349 e. The Hall–Kier alpha value is -3.07. The monoisotopic (exact) mass is 388 g/mol. The maximum absolute atomic E-state index is 13.1. The molecule has 150 valence electrons. The van der Waals surface area contributed by atoms with Crippen LogP contribution in [-0.2, 0) is 15.6 Å². The second kappa shape index (κ2) is 7.75.